The summed E-state index contributed by atoms with van der Waals surface area (Å²) in [5, 5.41) is 36.9. The van der Waals surface area contributed by atoms with Crippen LogP contribution in [0.2, 0.25) is 0 Å². The van der Waals surface area contributed by atoms with Gasteiger partial charge in [0.1, 0.15) is 77.2 Å². The number of rotatable bonds is 12. The minimum Gasteiger partial charge on any atom is -0.386 e. The molecule has 3 fully saturated rings. The predicted octanol–water partition coefficient (Wildman–Crippen LogP) is 10.9. The smallest absolute Gasteiger partial charge is 0.271 e. The number of aromatic nitrogens is 7. The number of aliphatic hydroxyl groups excluding tert-OH is 1. The molecule has 22 nitrogen and oxygen atoms in total. The zero-order valence-corrected chi connectivity index (χ0v) is 57.7. The van der Waals surface area contributed by atoms with E-state index in [-0.39, 0.29) is 84.6 Å². The molecule has 0 unspecified atom stereocenters. The number of carbonyl (C=O) groups is 6. The maximum absolute atomic E-state index is 14.5. The molecule has 492 valence electrons. The number of likely N-dealkylation sites (tertiary alicyclic amines) is 2. The van der Waals surface area contributed by atoms with E-state index < -0.39 is 30.0 Å². The summed E-state index contributed by atoms with van der Waals surface area (Å²) in [7, 11) is 3.08. The Morgan fingerprint density at radius 1 is 0.723 bits per heavy atom. The van der Waals surface area contributed by atoms with Gasteiger partial charge in [-0.05, 0) is 95.0 Å². The van der Waals surface area contributed by atoms with Crippen LogP contribution in [0, 0.1) is 24.7 Å². The number of ether oxygens (including phenoxy) is 1. The Labute approximate surface area is 568 Å². The van der Waals surface area contributed by atoms with Crippen molar-refractivity contribution >= 4 is 115 Å². The monoisotopic (exact) mass is 1380 g/mol. The van der Waals surface area contributed by atoms with Gasteiger partial charge < -0.3 is 46.2 Å². The summed E-state index contributed by atoms with van der Waals surface area (Å²) in [4.78, 5) is 125. The van der Waals surface area contributed by atoms with Gasteiger partial charge in [-0.2, -0.15) is 0 Å². The van der Waals surface area contributed by atoms with Crippen LogP contribution in [-0.2, 0) is 30.5 Å². The number of benzene rings is 1. The highest BCUT2D eigenvalue weighted by Gasteiger charge is 2.37. The Hall–Kier alpha value is -7.41. The van der Waals surface area contributed by atoms with Gasteiger partial charge in [-0.25, -0.2) is 34.9 Å². The third-order valence-electron chi connectivity index (χ3n) is 17.9. The van der Waals surface area contributed by atoms with Crippen LogP contribution < -0.4 is 26.6 Å². The number of aliphatic hydroxyl groups is 1. The fraction of sp³-hybridized carbons (Fsp3) is 0.439. The number of nitrogens with one attached hydrogen (secondary N) is 5. The van der Waals surface area contributed by atoms with Crippen LogP contribution in [0.3, 0.4) is 0 Å². The summed E-state index contributed by atoms with van der Waals surface area (Å²) in [6.45, 7) is 14.0. The third kappa shape index (κ3) is 15.0. The molecule has 4 aliphatic rings. The number of hydrogen-bond acceptors (Lipinski definition) is 23. The van der Waals surface area contributed by atoms with E-state index in [9.17, 15) is 33.9 Å². The van der Waals surface area contributed by atoms with Crippen molar-refractivity contribution in [3.63, 3.8) is 0 Å². The number of amides is 5. The van der Waals surface area contributed by atoms with Crippen LogP contribution in [0.15, 0.2) is 70.6 Å². The molecule has 0 radical (unpaired) electrons. The van der Waals surface area contributed by atoms with E-state index in [0.29, 0.717) is 118 Å². The second-order valence-corrected chi connectivity index (χ2v) is 30.3. The van der Waals surface area contributed by atoms with Crippen molar-refractivity contribution in [3.05, 3.63) is 118 Å². The first-order valence-electron chi connectivity index (χ1n) is 31.6. The van der Waals surface area contributed by atoms with Gasteiger partial charge in [0.05, 0.1) is 46.9 Å². The molecular formula is C66H74N14O8S6. The maximum Gasteiger partial charge on any atom is 0.271 e. The SMILES string of the molecule is C=C1NCC(=O)N[C@@H]([C@@H](O)c2ccccc2)c2nc(cs2)-c2nc(cs2)-c2nc(-c3nc(NC(=O)C4CCC(C(=O)N5CCC(N6CCCC6)CC5)CC4)cs3)ccc2-c2nc(cs2)C(=O)N[C@@H](CC(=O)NC)c2nc(c(C)s2)C(=O)C[C@H](C(C)C)c2nc1c(COC)s2. The molecule has 3 aliphatic heterocycles. The lowest BCUT2D eigenvalue weighted by Crippen LogP contribution is -2.48. The number of hydrogen-bond donors (Lipinski definition) is 6. The number of methoxy groups -OCH3 is 1. The van der Waals surface area contributed by atoms with Crippen LogP contribution >= 0.6 is 68.0 Å². The molecule has 12 rings (SSSR count). The zero-order chi connectivity index (χ0) is 65.7. The Kier molecular flexibility index (Phi) is 21.0. The van der Waals surface area contributed by atoms with Gasteiger partial charge in [-0.1, -0.05) is 50.8 Å². The average Bonchev–Trinajstić information content (AvgIpc) is 1.60. The summed E-state index contributed by atoms with van der Waals surface area (Å²) < 4.78 is 5.60. The van der Waals surface area contributed by atoms with Crippen molar-refractivity contribution in [1.82, 2.24) is 66.0 Å². The van der Waals surface area contributed by atoms with E-state index in [4.69, 9.17) is 39.6 Å². The van der Waals surface area contributed by atoms with Crippen LogP contribution in [0.4, 0.5) is 5.82 Å². The predicted molar refractivity (Wildman–Crippen MR) is 368 cm³/mol. The van der Waals surface area contributed by atoms with Gasteiger partial charge in [0.2, 0.25) is 23.6 Å². The zero-order valence-electron chi connectivity index (χ0n) is 52.8. The Bertz CT molecular complexity index is 4080. The molecular weight excluding hydrogens is 1310 g/mol. The molecule has 8 aromatic rings. The van der Waals surface area contributed by atoms with Gasteiger partial charge in [-0.3, -0.25) is 28.8 Å². The summed E-state index contributed by atoms with van der Waals surface area (Å²) in [5.41, 5.74) is 4.11. The van der Waals surface area contributed by atoms with Crippen LogP contribution in [0.5, 0.6) is 0 Å². The molecule has 1 aromatic carbocycles. The molecule has 7 aromatic heterocycles. The normalized spacial score (nSPS) is 20.7. The number of piperidine rings is 1. The summed E-state index contributed by atoms with van der Waals surface area (Å²) in [6, 6.07) is 11.3. The number of anilines is 1. The first-order chi connectivity index (χ1) is 45.5. The minimum atomic E-state index is -1.20. The summed E-state index contributed by atoms with van der Waals surface area (Å²) in [6.07, 6.45) is 5.82. The summed E-state index contributed by atoms with van der Waals surface area (Å²) in [5.74, 6) is -1.87. The highest BCUT2D eigenvalue weighted by atomic mass is 32.1. The molecule has 4 atom stereocenters. The fourth-order valence-electron chi connectivity index (χ4n) is 12.6. The molecule has 10 bridgehead atoms. The lowest BCUT2D eigenvalue weighted by atomic mass is 9.80. The van der Waals surface area contributed by atoms with Crippen molar-refractivity contribution in [2.24, 2.45) is 17.8 Å². The number of thiazole rings is 6. The van der Waals surface area contributed by atoms with Crippen molar-refractivity contribution in [2.75, 3.05) is 52.2 Å². The molecule has 5 amide bonds. The van der Waals surface area contributed by atoms with Gasteiger partial charge in [0.15, 0.2) is 5.78 Å². The van der Waals surface area contributed by atoms with Crippen molar-refractivity contribution in [2.45, 2.75) is 122 Å². The number of ketones is 1. The number of fused-ring (bicyclic) bond motifs is 14. The number of pyridine rings is 1. The van der Waals surface area contributed by atoms with Gasteiger partial charge in [-0.15, -0.1) is 68.0 Å². The molecule has 1 saturated carbocycles. The number of nitrogens with zero attached hydrogens (tertiary/aromatic N) is 9. The Morgan fingerprint density at radius 2 is 1.41 bits per heavy atom. The minimum absolute atomic E-state index is 0.0508. The van der Waals surface area contributed by atoms with Crippen molar-refractivity contribution < 1.29 is 38.6 Å². The van der Waals surface area contributed by atoms with Gasteiger partial charge in [0.25, 0.3) is 5.91 Å². The Morgan fingerprint density at radius 3 is 2.16 bits per heavy atom. The Balaban J connectivity index is 0.842. The van der Waals surface area contributed by atoms with E-state index >= 15 is 0 Å². The molecule has 1 aliphatic carbocycles. The topological polar surface area (TPSA) is 289 Å². The summed E-state index contributed by atoms with van der Waals surface area (Å²) >= 11 is 7.74. The maximum atomic E-state index is 14.5. The molecule has 94 heavy (non-hydrogen) atoms. The third-order valence-corrected chi connectivity index (χ3v) is 23.6. The number of carbonyl (C=O) groups excluding carboxylic acids is 6. The molecule has 10 heterocycles. The van der Waals surface area contributed by atoms with E-state index in [0.717, 1.165) is 30.8 Å². The van der Waals surface area contributed by atoms with E-state index in [2.05, 4.69) is 43.0 Å². The molecule has 6 N–H and O–H groups in total. The average molecular weight is 1380 g/mol. The highest BCUT2D eigenvalue weighted by Crippen LogP contribution is 2.42. The second-order valence-electron chi connectivity index (χ2n) is 24.4. The lowest BCUT2D eigenvalue weighted by molar-refractivity contribution is -0.139. The van der Waals surface area contributed by atoms with Crippen molar-refractivity contribution in [1.29, 1.82) is 0 Å². The van der Waals surface area contributed by atoms with Crippen LogP contribution in [0.25, 0.3) is 49.1 Å². The van der Waals surface area contributed by atoms with E-state index in [1.807, 2.05) is 48.9 Å². The largest absolute Gasteiger partial charge is 0.386 e. The lowest BCUT2D eigenvalue weighted by Gasteiger charge is -2.39. The standard InChI is InChI=1S/C66H74N14O8S6/c1-34(2)42-26-48(81)54-36(4)93-64(78-54)44(27-51(82)67-5)70-59(86)46-31-89-60(72-46)41-18-19-43(62-75-50(33-92-62)74-58(85)38-14-16-39(17-15-38)66(87)80-24-20-40(21-25-80)79-22-10-11-23-79)69-55(41)45-30-90-63(71-45)47-32-91-65(73-47)56(57(84)37-12-8-7-9-13-37)76-52(83)28-68-35(3)53-49(29-88-6)94-61(42)77-53/h7-9,12-13,18-19,30-34,38-40,42,44,56-57,68,84H,3,10-11,14-17,20-29H2,1-2,4-6H3,(H,67,82)(H,70,86)(H,74,85)(H,76,83)/t38?,39?,42-,44+,56+,57+/m1/s1. The number of Topliss-reactive ketones (excluding diaryl/α,β-unsaturated/α-hetero) is 1. The number of aryl methyl sites for hydroxylation is 1. The van der Waals surface area contributed by atoms with Crippen LogP contribution in [0.1, 0.15) is 159 Å². The molecule has 28 heteroatoms. The van der Waals surface area contributed by atoms with E-state index in [1.54, 1.807) is 43.0 Å². The molecule has 2 saturated heterocycles. The fourth-order valence-corrected chi connectivity index (χ4v) is 18.2. The highest BCUT2D eigenvalue weighted by molar-refractivity contribution is 7.15. The van der Waals surface area contributed by atoms with Gasteiger partial charge in [0, 0.05) is 89.4 Å². The first kappa shape index (κ1) is 66.6. The van der Waals surface area contributed by atoms with Gasteiger partial charge >= 0.3 is 0 Å². The second kappa shape index (κ2) is 29.7. The van der Waals surface area contributed by atoms with E-state index in [1.165, 1.54) is 101 Å². The van der Waals surface area contributed by atoms with Crippen LogP contribution in [-0.4, -0.2) is 138 Å². The quantitative estimate of drug-likeness (QED) is 0.0663. The molecule has 0 spiro atoms. The van der Waals surface area contributed by atoms with Crippen molar-refractivity contribution in [3.8, 4) is 43.4 Å². The first-order valence-corrected chi connectivity index (χ1v) is 36.8.